The second kappa shape index (κ2) is 9.93. The molecule has 0 aliphatic heterocycles. The molecule has 0 N–H and O–H groups in total. The molecule has 30 heavy (non-hydrogen) atoms. The number of carbonyl (C=O) groups is 1. The number of benzene rings is 1. The van der Waals surface area contributed by atoms with Crippen molar-refractivity contribution in [1.82, 2.24) is 9.97 Å². The van der Waals surface area contributed by atoms with E-state index in [0.29, 0.717) is 28.2 Å². The molecule has 0 radical (unpaired) electrons. The smallest absolute Gasteiger partial charge is 0.349 e. The van der Waals surface area contributed by atoms with Crippen LogP contribution in [0.1, 0.15) is 17.1 Å². The zero-order valence-corrected chi connectivity index (χ0v) is 17.5. The fourth-order valence-electron chi connectivity index (χ4n) is 2.47. The van der Waals surface area contributed by atoms with Crippen molar-refractivity contribution < 1.29 is 23.4 Å². The van der Waals surface area contributed by atoms with E-state index in [9.17, 15) is 9.59 Å². The van der Waals surface area contributed by atoms with Crippen LogP contribution >= 0.6 is 11.8 Å². The standard InChI is InChI=1S/C21H20N2O6S/c1-13-7-14(2)23-21(22-13)30-12-17-9-18(24)19(10-27-17)29-20(25)11-28-16-6-4-5-15(8-16)26-3/h4-10H,11-12H2,1-3H3. The van der Waals surface area contributed by atoms with Crippen LogP contribution in [0.2, 0.25) is 0 Å². The van der Waals surface area contributed by atoms with Crippen LogP contribution in [0.15, 0.2) is 57.0 Å². The highest BCUT2D eigenvalue weighted by Gasteiger charge is 2.12. The fourth-order valence-corrected chi connectivity index (χ4v) is 3.31. The molecule has 8 nitrogen and oxygen atoms in total. The number of thioether (sulfide) groups is 1. The average molecular weight is 428 g/mol. The highest BCUT2D eigenvalue weighted by atomic mass is 32.2. The van der Waals surface area contributed by atoms with E-state index in [1.54, 1.807) is 24.3 Å². The van der Waals surface area contributed by atoms with Crippen molar-refractivity contribution in [3.8, 4) is 17.2 Å². The lowest BCUT2D eigenvalue weighted by Gasteiger charge is -2.08. The molecule has 9 heteroatoms. The molecule has 3 rings (SSSR count). The van der Waals surface area contributed by atoms with Gasteiger partial charge in [0.15, 0.2) is 11.8 Å². The minimum Gasteiger partial charge on any atom is -0.497 e. The number of aromatic nitrogens is 2. The monoisotopic (exact) mass is 428 g/mol. The Morgan fingerprint density at radius 2 is 1.83 bits per heavy atom. The normalized spacial score (nSPS) is 10.5. The summed E-state index contributed by atoms with van der Waals surface area (Å²) in [6.07, 6.45) is 1.12. The Morgan fingerprint density at radius 3 is 2.53 bits per heavy atom. The zero-order chi connectivity index (χ0) is 21.5. The maximum absolute atomic E-state index is 12.2. The predicted octanol–water partition coefficient (Wildman–Crippen LogP) is 3.33. The number of aryl methyl sites for hydroxylation is 2. The molecule has 2 heterocycles. The Balaban J connectivity index is 1.55. The third-order valence-electron chi connectivity index (χ3n) is 3.78. The highest BCUT2D eigenvalue weighted by Crippen LogP contribution is 2.21. The summed E-state index contributed by atoms with van der Waals surface area (Å²) in [6, 6.07) is 9.95. The predicted molar refractivity (Wildman–Crippen MR) is 110 cm³/mol. The molecule has 156 valence electrons. The Hall–Kier alpha value is -3.33. The van der Waals surface area contributed by atoms with Crippen LogP contribution in [0.4, 0.5) is 0 Å². The van der Waals surface area contributed by atoms with Crippen molar-refractivity contribution in [2.24, 2.45) is 0 Å². The molecular weight excluding hydrogens is 408 g/mol. The van der Waals surface area contributed by atoms with Gasteiger partial charge in [-0.3, -0.25) is 4.79 Å². The maximum atomic E-state index is 12.2. The van der Waals surface area contributed by atoms with Gasteiger partial charge in [0.2, 0.25) is 11.2 Å². The first kappa shape index (κ1) is 21.4. The Bertz CT molecular complexity index is 1080. The van der Waals surface area contributed by atoms with E-state index >= 15 is 0 Å². The molecule has 3 aromatic rings. The van der Waals surface area contributed by atoms with E-state index in [1.807, 2.05) is 19.9 Å². The van der Waals surface area contributed by atoms with Crippen LogP contribution in [0.3, 0.4) is 0 Å². The summed E-state index contributed by atoms with van der Waals surface area (Å²) in [6.45, 7) is 3.41. The minimum atomic E-state index is -0.726. The first-order chi connectivity index (χ1) is 14.4. The van der Waals surface area contributed by atoms with Gasteiger partial charge < -0.3 is 18.6 Å². The first-order valence-electron chi connectivity index (χ1n) is 8.97. The molecule has 0 atom stereocenters. The van der Waals surface area contributed by atoms with Crippen molar-refractivity contribution in [3.05, 3.63) is 70.0 Å². The molecule has 0 saturated heterocycles. The third-order valence-corrected chi connectivity index (χ3v) is 4.65. The molecule has 0 amide bonds. The van der Waals surface area contributed by atoms with Gasteiger partial charge in [0.25, 0.3) is 0 Å². The van der Waals surface area contributed by atoms with Crippen molar-refractivity contribution in [3.63, 3.8) is 0 Å². The summed E-state index contributed by atoms with van der Waals surface area (Å²) >= 11 is 1.35. The van der Waals surface area contributed by atoms with Gasteiger partial charge in [-0.25, -0.2) is 14.8 Å². The number of hydrogen-bond donors (Lipinski definition) is 0. The number of carbonyl (C=O) groups excluding carboxylic acids is 1. The molecule has 0 spiro atoms. The summed E-state index contributed by atoms with van der Waals surface area (Å²) in [5, 5.41) is 0.598. The van der Waals surface area contributed by atoms with Crippen LogP contribution < -0.4 is 19.6 Å². The van der Waals surface area contributed by atoms with Crippen LogP contribution in [-0.2, 0) is 10.5 Å². The molecular formula is C21H20N2O6S. The van der Waals surface area contributed by atoms with E-state index in [-0.39, 0.29) is 12.4 Å². The second-order valence-electron chi connectivity index (χ2n) is 6.24. The fraction of sp³-hybridized carbons (Fsp3) is 0.238. The van der Waals surface area contributed by atoms with E-state index < -0.39 is 11.4 Å². The van der Waals surface area contributed by atoms with E-state index in [2.05, 4.69) is 9.97 Å². The lowest BCUT2D eigenvalue weighted by molar-refractivity contribution is -0.136. The van der Waals surface area contributed by atoms with Gasteiger partial charge in [-0.1, -0.05) is 17.8 Å². The first-order valence-corrected chi connectivity index (χ1v) is 9.96. The van der Waals surface area contributed by atoms with Gasteiger partial charge in [-0.05, 0) is 32.0 Å². The third kappa shape index (κ3) is 6.08. The van der Waals surface area contributed by atoms with Gasteiger partial charge in [0, 0.05) is 23.5 Å². The molecule has 0 unspecified atom stereocenters. The maximum Gasteiger partial charge on any atom is 0.349 e. The van der Waals surface area contributed by atoms with E-state index in [0.717, 1.165) is 17.7 Å². The molecule has 0 aliphatic rings. The molecule has 0 fully saturated rings. The Kier molecular flexibility index (Phi) is 7.08. The molecule has 2 aromatic heterocycles. The number of hydrogen-bond acceptors (Lipinski definition) is 9. The van der Waals surface area contributed by atoms with E-state index in [1.165, 1.54) is 24.9 Å². The van der Waals surface area contributed by atoms with Crippen LogP contribution in [0, 0.1) is 13.8 Å². The number of esters is 1. The van der Waals surface area contributed by atoms with Gasteiger partial charge in [0.05, 0.1) is 12.9 Å². The molecule has 0 aliphatic carbocycles. The summed E-state index contributed by atoms with van der Waals surface area (Å²) in [5.74, 6) is 0.896. The Morgan fingerprint density at radius 1 is 1.10 bits per heavy atom. The lowest BCUT2D eigenvalue weighted by atomic mass is 10.3. The number of nitrogens with zero attached hydrogens (tertiary/aromatic N) is 2. The highest BCUT2D eigenvalue weighted by molar-refractivity contribution is 7.98. The number of methoxy groups -OCH3 is 1. The van der Waals surface area contributed by atoms with Crippen molar-refractivity contribution >= 4 is 17.7 Å². The van der Waals surface area contributed by atoms with Crippen LogP contribution in [0.25, 0.3) is 0 Å². The van der Waals surface area contributed by atoms with Crippen molar-refractivity contribution in [2.45, 2.75) is 24.8 Å². The summed E-state index contributed by atoms with van der Waals surface area (Å²) in [4.78, 5) is 32.8. The SMILES string of the molecule is COc1cccc(OCC(=O)Oc2coc(CSc3nc(C)cc(C)n3)cc2=O)c1. The molecule has 0 bridgehead atoms. The van der Waals surface area contributed by atoms with Crippen molar-refractivity contribution in [2.75, 3.05) is 13.7 Å². The van der Waals surface area contributed by atoms with Crippen LogP contribution in [-0.4, -0.2) is 29.7 Å². The quantitative estimate of drug-likeness (QED) is 0.304. The second-order valence-corrected chi connectivity index (χ2v) is 7.18. The topological polar surface area (TPSA) is 101 Å². The zero-order valence-electron chi connectivity index (χ0n) is 16.7. The van der Waals surface area contributed by atoms with Crippen LogP contribution in [0.5, 0.6) is 17.2 Å². The number of rotatable bonds is 8. The van der Waals surface area contributed by atoms with Gasteiger partial charge in [0.1, 0.15) is 23.5 Å². The van der Waals surface area contributed by atoms with Crippen molar-refractivity contribution in [1.29, 1.82) is 0 Å². The largest absolute Gasteiger partial charge is 0.497 e. The number of ether oxygens (including phenoxy) is 3. The van der Waals surface area contributed by atoms with Gasteiger partial charge in [-0.15, -0.1) is 0 Å². The lowest BCUT2D eigenvalue weighted by Crippen LogP contribution is -2.20. The Labute approximate surface area is 177 Å². The average Bonchev–Trinajstić information content (AvgIpc) is 2.72. The van der Waals surface area contributed by atoms with E-state index in [4.69, 9.17) is 18.6 Å². The van der Waals surface area contributed by atoms with Gasteiger partial charge >= 0.3 is 5.97 Å². The summed E-state index contributed by atoms with van der Waals surface area (Å²) < 4.78 is 20.9. The molecule has 0 saturated carbocycles. The minimum absolute atomic E-state index is 0.203. The summed E-state index contributed by atoms with van der Waals surface area (Å²) in [5.41, 5.74) is 1.27. The summed E-state index contributed by atoms with van der Waals surface area (Å²) in [7, 11) is 1.53. The van der Waals surface area contributed by atoms with Gasteiger partial charge in [-0.2, -0.15) is 0 Å². The molecule has 1 aromatic carbocycles.